The van der Waals surface area contributed by atoms with E-state index in [0.29, 0.717) is 42.1 Å². The van der Waals surface area contributed by atoms with Crippen molar-refractivity contribution in [2.45, 2.75) is 40.0 Å². The summed E-state index contributed by atoms with van der Waals surface area (Å²) in [5.41, 5.74) is 7.89. The first kappa shape index (κ1) is 24.9. The highest BCUT2D eigenvalue weighted by molar-refractivity contribution is 6.29. The zero-order valence-electron chi connectivity index (χ0n) is 18.8. The zero-order valence-corrected chi connectivity index (χ0v) is 19.6. The highest BCUT2D eigenvalue weighted by Gasteiger charge is 2.17. The van der Waals surface area contributed by atoms with Crippen LogP contribution in [0, 0.1) is 5.41 Å². The van der Waals surface area contributed by atoms with Gasteiger partial charge in [0.25, 0.3) is 0 Å². The lowest BCUT2D eigenvalue weighted by atomic mass is 9.95. The summed E-state index contributed by atoms with van der Waals surface area (Å²) in [4.78, 5) is 21.0. The molecule has 0 aliphatic carbocycles. The number of halogens is 1. The Balaban J connectivity index is 2.16. The van der Waals surface area contributed by atoms with Crippen LogP contribution in [-0.4, -0.2) is 34.9 Å². The molecule has 0 unspecified atom stereocenters. The Morgan fingerprint density at radius 3 is 2.69 bits per heavy atom. The fourth-order valence-corrected chi connectivity index (χ4v) is 3.08. The molecule has 0 aliphatic rings. The zero-order chi connectivity index (χ0) is 23.7. The van der Waals surface area contributed by atoms with Crippen LogP contribution in [0.15, 0.2) is 30.9 Å². The van der Waals surface area contributed by atoms with Crippen LogP contribution in [0.1, 0.15) is 51.2 Å². The molecule has 0 aliphatic heterocycles. The van der Waals surface area contributed by atoms with Gasteiger partial charge in [0.2, 0.25) is 5.88 Å². The molecule has 2 aromatic rings. The number of urea groups is 1. The summed E-state index contributed by atoms with van der Waals surface area (Å²) < 4.78 is 5.47. The lowest BCUT2D eigenvalue weighted by Crippen LogP contribution is -2.34. The minimum atomic E-state index is -0.519. The average Bonchev–Trinajstić information content (AvgIpc) is 2.73. The summed E-state index contributed by atoms with van der Waals surface area (Å²) in [5.74, 6) is 1.46. The number of hydrogen-bond acceptors (Lipinski definition) is 7. The Hall–Kier alpha value is -3.33. The van der Waals surface area contributed by atoms with Crippen molar-refractivity contribution in [2.75, 3.05) is 29.2 Å². The van der Waals surface area contributed by atoms with Crippen molar-refractivity contribution in [3.63, 3.8) is 0 Å². The summed E-state index contributed by atoms with van der Waals surface area (Å²) in [5, 5.41) is 14.2. The van der Waals surface area contributed by atoms with Crippen LogP contribution >= 0.6 is 11.6 Å². The van der Waals surface area contributed by atoms with E-state index in [1.54, 1.807) is 19.1 Å². The Morgan fingerprint density at radius 2 is 2.06 bits per heavy atom. The van der Waals surface area contributed by atoms with Gasteiger partial charge in [-0.25, -0.2) is 14.8 Å². The molecular weight excluding hydrogens is 430 g/mol. The predicted molar refractivity (Wildman–Crippen MR) is 130 cm³/mol. The fourth-order valence-electron chi connectivity index (χ4n) is 2.88. The summed E-state index contributed by atoms with van der Waals surface area (Å²) >= 11 is 6.01. The van der Waals surface area contributed by atoms with E-state index in [-0.39, 0.29) is 11.1 Å². The van der Waals surface area contributed by atoms with E-state index < -0.39 is 6.03 Å². The lowest BCUT2D eigenvalue weighted by molar-refractivity contribution is 0.254. The van der Waals surface area contributed by atoms with Crippen molar-refractivity contribution >= 4 is 40.7 Å². The molecule has 5 N–H and O–H groups in total. The molecule has 0 bridgehead atoms. The molecule has 0 saturated carbocycles. The molecule has 32 heavy (non-hydrogen) atoms. The minimum absolute atomic E-state index is 0.146. The number of nitrogens with zero attached hydrogens (tertiary/aromatic N) is 2. The van der Waals surface area contributed by atoms with Crippen LogP contribution in [0.4, 0.5) is 22.1 Å². The van der Waals surface area contributed by atoms with Gasteiger partial charge in [0.15, 0.2) is 0 Å². The van der Waals surface area contributed by atoms with Gasteiger partial charge in [0, 0.05) is 23.9 Å². The van der Waals surface area contributed by atoms with Gasteiger partial charge in [-0.2, -0.15) is 0 Å². The van der Waals surface area contributed by atoms with Crippen molar-refractivity contribution in [1.29, 1.82) is 5.41 Å². The van der Waals surface area contributed by atoms with E-state index in [2.05, 4.69) is 38.0 Å². The monoisotopic (exact) mass is 459 g/mol. The number of amides is 2. The molecular formula is C22H30ClN7O2. The standard InChI is InChI=1S/C22H30ClN7O2/c1-6-8-25-21-20(14(5)24)16(13(3)4)12-18(28-21)29-30-22(31)26-15-10-17(23)27-19(11-15)32-9-7-2/h6,10-13,24H,1,7-9H2,2-5H3,(H2,25,28,29)(H2,26,27,30,31). The molecule has 10 heteroatoms. The lowest BCUT2D eigenvalue weighted by Gasteiger charge is -2.19. The maximum absolute atomic E-state index is 12.4. The number of rotatable bonds is 11. The SMILES string of the molecule is C=CCNc1nc(NNC(=O)Nc2cc(Cl)nc(OCCC)c2)cc(C(C)C)c1C(C)=N. The number of ether oxygens (including phenoxy) is 1. The van der Waals surface area contributed by atoms with Crippen molar-refractivity contribution < 1.29 is 9.53 Å². The minimum Gasteiger partial charge on any atom is -0.478 e. The molecule has 0 fully saturated rings. The molecule has 0 atom stereocenters. The summed E-state index contributed by atoms with van der Waals surface area (Å²) in [7, 11) is 0. The average molecular weight is 460 g/mol. The Kier molecular flexibility index (Phi) is 9.27. The van der Waals surface area contributed by atoms with E-state index in [4.69, 9.17) is 21.7 Å². The van der Waals surface area contributed by atoms with Gasteiger partial charge in [-0.05, 0) is 37.0 Å². The van der Waals surface area contributed by atoms with Crippen LogP contribution in [-0.2, 0) is 0 Å². The molecule has 0 spiro atoms. The molecule has 2 amide bonds. The first-order valence-corrected chi connectivity index (χ1v) is 10.7. The molecule has 2 aromatic heterocycles. The van der Waals surface area contributed by atoms with Crippen LogP contribution in [0.2, 0.25) is 5.15 Å². The first-order chi connectivity index (χ1) is 15.2. The second-order valence-corrected chi connectivity index (χ2v) is 7.73. The summed E-state index contributed by atoms with van der Waals surface area (Å²) in [6, 6.07) is 4.41. The van der Waals surface area contributed by atoms with Gasteiger partial charge in [-0.15, -0.1) is 6.58 Å². The topological polar surface area (TPSA) is 124 Å². The van der Waals surface area contributed by atoms with Gasteiger partial charge in [0.05, 0.1) is 12.3 Å². The molecule has 0 aromatic carbocycles. The van der Waals surface area contributed by atoms with Gasteiger partial charge in [-0.3, -0.25) is 10.9 Å². The van der Waals surface area contributed by atoms with Crippen LogP contribution in [0.3, 0.4) is 0 Å². The summed E-state index contributed by atoms with van der Waals surface area (Å²) in [6.45, 7) is 12.5. The third-order valence-corrected chi connectivity index (χ3v) is 4.44. The Bertz CT molecular complexity index is 979. The first-order valence-electron chi connectivity index (χ1n) is 10.3. The van der Waals surface area contributed by atoms with E-state index in [9.17, 15) is 4.79 Å². The van der Waals surface area contributed by atoms with E-state index >= 15 is 0 Å². The summed E-state index contributed by atoms with van der Waals surface area (Å²) in [6.07, 6.45) is 2.54. The van der Waals surface area contributed by atoms with Gasteiger partial charge in [-0.1, -0.05) is 38.4 Å². The number of nitrogens with one attached hydrogen (secondary N) is 5. The van der Waals surface area contributed by atoms with Gasteiger partial charge >= 0.3 is 6.03 Å². The molecule has 172 valence electrons. The van der Waals surface area contributed by atoms with Crippen molar-refractivity contribution in [2.24, 2.45) is 0 Å². The number of aromatic nitrogens is 2. The third-order valence-electron chi connectivity index (χ3n) is 4.25. The molecule has 2 heterocycles. The third kappa shape index (κ3) is 7.12. The maximum atomic E-state index is 12.4. The van der Waals surface area contributed by atoms with Crippen LogP contribution < -0.4 is 26.2 Å². The molecule has 0 radical (unpaired) electrons. The highest BCUT2D eigenvalue weighted by atomic mass is 35.5. The quantitative estimate of drug-likeness (QED) is 0.136. The van der Waals surface area contributed by atoms with Crippen molar-refractivity contribution in [3.05, 3.63) is 47.1 Å². The number of carbonyl (C=O) groups is 1. The van der Waals surface area contributed by atoms with Crippen molar-refractivity contribution in [3.8, 4) is 5.88 Å². The predicted octanol–water partition coefficient (Wildman–Crippen LogP) is 5.18. The maximum Gasteiger partial charge on any atom is 0.337 e. The smallest absolute Gasteiger partial charge is 0.337 e. The normalized spacial score (nSPS) is 10.4. The number of hydrazine groups is 1. The number of hydrogen-bond donors (Lipinski definition) is 5. The Labute approximate surface area is 193 Å². The molecule has 9 nitrogen and oxygen atoms in total. The number of pyridine rings is 2. The second-order valence-electron chi connectivity index (χ2n) is 7.34. The van der Waals surface area contributed by atoms with Crippen LogP contribution in [0.25, 0.3) is 0 Å². The fraction of sp³-hybridized carbons (Fsp3) is 0.364. The Morgan fingerprint density at radius 1 is 1.31 bits per heavy atom. The van der Waals surface area contributed by atoms with Gasteiger partial charge < -0.3 is 20.8 Å². The van der Waals surface area contributed by atoms with E-state index in [1.807, 2.05) is 26.8 Å². The highest BCUT2D eigenvalue weighted by Crippen LogP contribution is 2.28. The van der Waals surface area contributed by atoms with Crippen LogP contribution in [0.5, 0.6) is 5.88 Å². The second kappa shape index (κ2) is 11.9. The number of carbonyl (C=O) groups excluding carboxylic acids is 1. The van der Waals surface area contributed by atoms with E-state index in [0.717, 1.165) is 17.5 Å². The largest absolute Gasteiger partial charge is 0.478 e. The van der Waals surface area contributed by atoms with Crippen molar-refractivity contribution in [1.82, 2.24) is 15.4 Å². The molecule has 2 rings (SSSR count). The van der Waals surface area contributed by atoms with E-state index in [1.165, 1.54) is 6.07 Å². The van der Waals surface area contributed by atoms with Gasteiger partial charge in [0.1, 0.15) is 16.8 Å². The number of anilines is 3. The molecule has 0 saturated heterocycles.